The van der Waals surface area contributed by atoms with Gasteiger partial charge in [0.15, 0.2) is 5.13 Å². The molecule has 0 saturated heterocycles. The molecular weight excluding hydrogens is 330 g/mol. The smallest absolute Gasteiger partial charge is 0.226 e. The van der Waals surface area contributed by atoms with Gasteiger partial charge in [-0.25, -0.2) is 13.8 Å². The van der Waals surface area contributed by atoms with Crippen LogP contribution in [0.4, 0.5) is 13.9 Å². The first-order valence-corrected chi connectivity index (χ1v) is 8.24. The summed E-state index contributed by atoms with van der Waals surface area (Å²) >= 11 is 1.29. The Bertz CT molecular complexity index is 846. The monoisotopic (exact) mass is 344 g/mol. The molecule has 1 amide bonds. The second-order valence-corrected chi connectivity index (χ2v) is 6.04. The van der Waals surface area contributed by atoms with Gasteiger partial charge in [0.2, 0.25) is 5.91 Å². The minimum Gasteiger partial charge on any atom is -0.302 e. The lowest BCUT2D eigenvalue weighted by molar-refractivity contribution is -0.116. The average molecular weight is 344 g/mol. The molecule has 0 fully saturated rings. The van der Waals surface area contributed by atoms with Crippen LogP contribution in [0.3, 0.4) is 0 Å². The Hall–Kier alpha value is -2.60. The van der Waals surface area contributed by atoms with Crippen LogP contribution in [0.2, 0.25) is 0 Å². The fraction of sp³-hybridized carbons (Fsp3) is 0.111. The maximum absolute atomic E-state index is 13.5. The second-order valence-electron chi connectivity index (χ2n) is 5.18. The standard InChI is InChI=1S/C18H14F2N2OS/c19-14-8-5-13(6-9-14)16-11-24-18(21-16)22-17(23)10-7-12-3-1-2-4-15(12)20/h1-6,8-9,11H,7,10H2,(H,21,22,23). The molecule has 6 heteroatoms. The molecule has 0 aliphatic rings. The van der Waals surface area contributed by atoms with Gasteiger partial charge in [0.05, 0.1) is 5.69 Å². The Kier molecular flexibility index (Phi) is 4.96. The van der Waals surface area contributed by atoms with Crippen LogP contribution in [0.1, 0.15) is 12.0 Å². The van der Waals surface area contributed by atoms with Crippen molar-refractivity contribution in [3.63, 3.8) is 0 Å². The predicted molar refractivity (Wildman–Crippen MR) is 90.9 cm³/mol. The Morgan fingerprint density at radius 1 is 1.08 bits per heavy atom. The highest BCUT2D eigenvalue weighted by Gasteiger charge is 2.09. The van der Waals surface area contributed by atoms with E-state index in [0.717, 1.165) is 5.56 Å². The lowest BCUT2D eigenvalue weighted by atomic mass is 10.1. The summed E-state index contributed by atoms with van der Waals surface area (Å²) in [5.41, 5.74) is 1.96. The molecule has 3 rings (SSSR count). The van der Waals surface area contributed by atoms with Crippen molar-refractivity contribution in [2.75, 3.05) is 5.32 Å². The number of hydrogen-bond donors (Lipinski definition) is 1. The van der Waals surface area contributed by atoms with Crippen LogP contribution < -0.4 is 5.32 Å². The number of benzene rings is 2. The minimum absolute atomic E-state index is 0.173. The van der Waals surface area contributed by atoms with Crippen molar-refractivity contribution >= 4 is 22.4 Å². The summed E-state index contributed by atoms with van der Waals surface area (Å²) < 4.78 is 26.4. The summed E-state index contributed by atoms with van der Waals surface area (Å²) in [4.78, 5) is 16.3. The number of carbonyl (C=O) groups is 1. The zero-order chi connectivity index (χ0) is 16.9. The fourth-order valence-corrected chi connectivity index (χ4v) is 2.95. The Balaban J connectivity index is 1.59. The zero-order valence-electron chi connectivity index (χ0n) is 12.6. The van der Waals surface area contributed by atoms with E-state index in [2.05, 4.69) is 10.3 Å². The third-order valence-electron chi connectivity index (χ3n) is 3.47. The molecule has 0 atom stereocenters. The van der Waals surface area contributed by atoms with Gasteiger partial charge in [-0.3, -0.25) is 4.79 Å². The van der Waals surface area contributed by atoms with Crippen molar-refractivity contribution in [2.24, 2.45) is 0 Å². The molecule has 2 aromatic carbocycles. The normalized spacial score (nSPS) is 10.6. The van der Waals surface area contributed by atoms with Gasteiger partial charge in [0.1, 0.15) is 11.6 Å². The third-order valence-corrected chi connectivity index (χ3v) is 4.23. The van der Waals surface area contributed by atoms with Crippen molar-refractivity contribution in [1.29, 1.82) is 0 Å². The number of aryl methyl sites for hydroxylation is 1. The third kappa shape index (κ3) is 4.02. The number of halogens is 2. The van der Waals surface area contributed by atoms with E-state index in [0.29, 0.717) is 22.8 Å². The highest BCUT2D eigenvalue weighted by molar-refractivity contribution is 7.14. The molecule has 0 saturated carbocycles. The summed E-state index contributed by atoms with van der Waals surface area (Å²) in [5.74, 6) is -0.841. The number of hydrogen-bond acceptors (Lipinski definition) is 3. The molecule has 122 valence electrons. The Morgan fingerprint density at radius 2 is 1.83 bits per heavy atom. The van der Waals surface area contributed by atoms with Crippen LogP contribution in [0.15, 0.2) is 53.9 Å². The Morgan fingerprint density at radius 3 is 2.58 bits per heavy atom. The molecule has 1 N–H and O–H groups in total. The van der Waals surface area contributed by atoms with Crippen molar-refractivity contribution in [2.45, 2.75) is 12.8 Å². The number of nitrogens with one attached hydrogen (secondary N) is 1. The van der Waals surface area contributed by atoms with Crippen LogP contribution in [0, 0.1) is 11.6 Å². The number of carbonyl (C=O) groups excluding carboxylic acids is 1. The molecule has 3 nitrogen and oxygen atoms in total. The lowest BCUT2D eigenvalue weighted by Crippen LogP contribution is -2.12. The lowest BCUT2D eigenvalue weighted by Gasteiger charge is -2.03. The first-order valence-electron chi connectivity index (χ1n) is 7.36. The van der Waals surface area contributed by atoms with E-state index in [9.17, 15) is 13.6 Å². The summed E-state index contributed by atoms with van der Waals surface area (Å²) in [6.45, 7) is 0. The van der Waals surface area contributed by atoms with Gasteiger partial charge in [0, 0.05) is 17.4 Å². The van der Waals surface area contributed by atoms with Crippen LogP contribution >= 0.6 is 11.3 Å². The highest BCUT2D eigenvalue weighted by Crippen LogP contribution is 2.25. The number of anilines is 1. The van der Waals surface area contributed by atoms with Gasteiger partial charge in [-0.2, -0.15) is 0 Å². The SMILES string of the molecule is O=C(CCc1ccccc1F)Nc1nc(-c2ccc(F)cc2)cs1. The van der Waals surface area contributed by atoms with E-state index in [-0.39, 0.29) is 24.0 Å². The molecule has 1 aromatic heterocycles. The molecule has 0 aliphatic carbocycles. The van der Waals surface area contributed by atoms with Crippen molar-refractivity contribution in [1.82, 2.24) is 4.98 Å². The van der Waals surface area contributed by atoms with Gasteiger partial charge in [-0.15, -0.1) is 11.3 Å². The van der Waals surface area contributed by atoms with Crippen molar-refractivity contribution < 1.29 is 13.6 Å². The molecule has 0 radical (unpaired) electrons. The van der Waals surface area contributed by atoms with Crippen molar-refractivity contribution in [3.8, 4) is 11.3 Å². The first-order chi connectivity index (χ1) is 11.6. The Labute approximate surface area is 142 Å². The molecule has 0 spiro atoms. The average Bonchev–Trinajstić information content (AvgIpc) is 3.03. The van der Waals surface area contributed by atoms with E-state index < -0.39 is 0 Å². The van der Waals surface area contributed by atoms with Gasteiger partial charge in [0.25, 0.3) is 0 Å². The summed E-state index contributed by atoms with van der Waals surface area (Å²) in [5, 5.41) is 4.96. The van der Waals surface area contributed by atoms with E-state index in [1.165, 1.54) is 29.5 Å². The van der Waals surface area contributed by atoms with Crippen molar-refractivity contribution in [3.05, 3.63) is 71.1 Å². The topological polar surface area (TPSA) is 42.0 Å². The number of aromatic nitrogens is 1. The van der Waals surface area contributed by atoms with Gasteiger partial charge in [-0.05, 0) is 42.3 Å². The number of thiazole rings is 1. The van der Waals surface area contributed by atoms with Crippen LogP contribution in [0.5, 0.6) is 0 Å². The molecule has 0 unspecified atom stereocenters. The molecule has 3 aromatic rings. The molecule has 0 aliphatic heterocycles. The largest absolute Gasteiger partial charge is 0.302 e. The predicted octanol–water partition coefficient (Wildman–Crippen LogP) is 4.66. The molecule has 0 bridgehead atoms. The minimum atomic E-state index is -0.310. The van der Waals surface area contributed by atoms with E-state index in [4.69, 9.17) is 0 Å². The molecular formula is C18H14F2N2OS. The summed E-state index contributed by atoms with van der Waals surface area (Å²) in [6, 6.07) is 12.4. The second kappa shape index (κ2) is 7.31. The van der Waals surface area contributed by atoms with Gasteiger partial charge < -0.3 is 5.32 Å². The van der Waals surface area contributed by atoms with Crippen LogP contribution in [0.25, 0.3) is 11.3 Å². The van der Waals surface area contributed by atoms with Gasteiger partial charge in [-0.1, -0.05) is 18.2 Å². The number of nitrogens with zero attached hydrogens (tertiary/aromatic N) is 1. The quantitative estimate of drug-likeness (QED) is 0.731. The number of rotatable bonds is 5. The maximum atomic E-state index is 13.5. The summed E-state index contributed by atoms with van der Waals surface area (Å²) in [7, 11) is 0. The summed E-state index contributed by atoms with van der Waals surface area (Å²) in [6.07, 6.45) is 0.501. The maximum Gasteiger partial charge on any atom is 0.226 e. The number of amides is 1. The first kappa shape index (κ1) is 16.3. The fourth-order valence-electron chi connectivity index (χ4n) is 2.22. The highest BCUT2D eigenvalue weighted by atomic mass is 32.1. The van der Waals surface area contributed by atoms with Gasteiger partial charge >= 0.3 is 0 Å². The molecule has 24 heavy (non-hydrogen) atoms. The van der Waals surface area contributed by atoms with E-state index in [1.807, 2.05) is 0 Å². The molecule has 1 heterocycles. The van der Waals surface area contributed by atoms with E-state index in [1.54, 1.807) is 35.7 Å². The zero-order valence-corrected chi connectivity index (χ0v) is 13.4. The van der Waals surface area contributed by atoms with E-state index >= 15 is 0 Å². The van der Waals surface area contributed by atoms with Crippen LogP contribution in [-0.4, -0.2) is 10.9 Å². The van der Waals surface area contributed by atoms with Crippen LogP contribution in [-0.2, 0) is 11.2 Å².